The number of para-hydroxylation sites is 1. The topological polar surface area (TPSA) is 250 Å². The third-order valence-corrected chi connectivity index (χ3v) is 15.2. The van der Waals surface area contributed by atoms with Crippen molar-refractivity contribution in [3.05, 3.63) is 95.6 Å². The number of benzene rings is 2. The number of carbonyl (C=O) groups excluding carboxylic acids is 4. The zero-order valence-corrected chi connectivity index (χ0v) is 46.7. The van der Waals surface area contributed by atoms with E-state index in [1.165, 1.54) is 11.9 Å². The summed E-state index contributed by atoms with van der Waals surface area (Å²) in [5, 5.41) is 38.9. The second-order valence-corrected chi connectivity index (χ2v) is 21.9. The van der Waals surface area contributed by atoms with E-state index in [1.54, 1.807) is 42.6 Å². The van der Waals surface area contributed by atoms with E-state index < -0.39 is 29.5 Å². The number of nitrogens with zero attached hydrogens (tertiary/aromatic N) is 10. The van der Waals surface area contributed by atoms with E-state index in [-0.39, 0.29) is 42.4 Å². The highest BCUT2D eigenvalue weighted by atomic mass is 32.1. The fraction of sp³-hybridized carbons (Fsp3) is 0.464. The Morgan fingerprint density at radius 2 is 1.63 bits per heavy atom. The van der Waals surface area contributed by atoms with Crippen LogP contribution in [0.5, 0.6) is 5.75 Å². The van der Waals surface area contributed by atoms with Crippen LogP contribution in [0.1, 0.15) is 100 Å². The van der Waals surface area contributed by atoms with Crippen molar-refractivity contribution in [3.8, 4) is 27.6 Å². The van der Waals surface area contributed by atoms with Crippen molar-refractivity contribution < 1.29 is 29.0 Å². The van der Waals surface area contributed by atoms with Gasteiger partial charge >= 0.3 is 0 Å². The molecule has 0 saturated carbocycles. The van der Waals surface area contributed by atoms with E-state index in [2.05, 4.69) is 66.6 Å². The van der Waals surface area contributed by atoms with Gasteiger partial charge in [0.25, 0.3) is 5.91 Å². The number of likely N-dealkylation sites (tertiary alicyclic amines) is 1. The van der Waals surface area contributed by atoms with E-state index in [0.29, 0.717) is 53.0 Å². The first-order chi connectivity index (χ1) is 37.5. The fourth-order valence-electron chi connectivity index (χ4n) is 9.88. The molecule has 2 aliphatic heterocycles. The van der Waals surface area contributed by atoms with Crippen LogP contribution < -0.4 is 36.2 Å². The largest absolute Gasteiger partial charge is 0.494 e. The molecule has 0 bridgehead atoms. The zero-order valence-electron chi connectivity index (χ0n) is 45.9. The molecular weight excluding hydrogens is 1010 g/mol. The molecule has 2 saturated heterocycles. The predicted molar refractivity (Wildman–Crippen MR) is 302 cm³/mol. The summed E-state index contributed by atoms with van der Waals surface area (Å²) in [7, 11) is 4.89. The molecule has 0 spiro atoms. The zero-order chi connectivity index (χ0) is 55.5. The molecule has 6 heterocycles. The lowest BCUT2D eigenvalue weighted by Crippen LogP contribution is -2.57. The number of aliphatic hydroxyl groups excluding tert-OH is 1. The van der Waals surface area contributed by atoms with Crippen molar-refractivity contribution >= 4 is 63.7 Å². The number of anilines is 5. The van der Waals surface area contributed by atoms with Crippen molar-refractivity contribution in [2.24, 2.45) is 12.5 Å². The van der Waals surface area contributed by atoms with Crippen LogP contribution in [0.4, 0.5) is 28.7 Å². The Balaban J connectivity index is 0.741. The van der Waals surface area contributed by atoms with Gasteiger partial charge in [0, 0.05) is 65.7 Å². The highest BCUT2D eigenvalue weighted by molar-refractivity contribution is 7.13. The average Bonchev–Trinajstić information content (AvgIpc) is 4.22. The number of piperazine rings is 1. The number of methoxy groups -OCH3 is 1. The number of pyridine rings is 1. The van der Waals surface area contributed by atoms with Crippen LogP contribution in [0.15, 0.2) is 78.7 Å². The molecule has 2 unspecified atom stereocenters. The number of amides is 4. The van der Waals surface area contributed by atoms with Crippen LogP contribution in [0.2, 0.25) is 0 Å². The molecular formula is C56H73N15O6S. The minimum absolute atomic E-state index is 0.0237. The second-order valence-electron chi connectivity index (χ2n) is 21.1. The number of nitrogens with one attached hydrogen (secondary N) is 5. The number of rotatable bonds is 22. The molecule has 414 valence electrons. The Morgan fingerprint density at radius 1 is 0.872 bits per heavy atom. The number of aliphatic hydroxyl groups is 1. The number of thiazole rings is 1. The third kappa shape index (κ3) is 14.1. The Hall–Kier alpha value is -7.56. The summed E-state index contributed by atoms with van der Waals surface area (Å²) >= 11 is 1.58. The number of β-amino-alcohol motifs (C(OH)–C–C–N with tert-alkyl or cyclic N) is 1. The van der Waals surface area contributed by atoms with Crippen molar-refractivity contribution in [1.29, 1.82) is 0 Å². The van der Waals surface area contributed by atoms with Crippen molar-refractivity contribution in [1.82, 2.24) is 60.7 Å². The van der Waals surface area contributed by atoms with Crippen LogP contribution >= 0.6 is 11.3 Å². The van der Waals surface area contributed by atoms with Gasteiger partial charge in [-0.2, -0.15) is 5.10 Å². The smallest absolute Gasteiger partial charge is 0.273 e. The molecule has 2 aliphatic rings. The van der Waals surface area contributed by atoms with Crippen LogP contribution in [-0.4, -0.2) is 145 Å². The van der Waals surface area contributed by atoms with Crippen LogP contribution in [-0.2, 0) is 21.4 Å². The fourth-order valence-corrected chi connectivity index (χ4v) is 10.7. The van der Waals surface area contributed by atoms with E-state index in [4.69, 9.17) is 4.74 Å². The van der Waals surface area contributed by atoms with E-state index in [1.807, 2.05) is 101 Å². The molecule has 6 N–H and O–H groups in total. The first-order valence-corrected chi connectivity index (χ1v) is 27.6. The van der Waals surface area contributed by atoms with Gasteiger partial charge in [0.05, 0.1) is 64.2 Å². The average molecular weight is 1080 g/mol. The van der Waals surface area contributed by atoms with Crippen molar-refractivity contribution in [2.45, 2.75) is 104 Å². The molecule has 0 radical (unpaired) electrons. The summed E-state index contributed by atoms with van der Waals surface area (Å²) in [5.41, 5.74) is 6.93. The van der Waals surface area contributed by atoms with E-state index in [9.17, 15) is 24.3 Å². The second kappa shape index (κ2) is 25.7. The Bertz CT molecular complexity index is 3010. The number of hydrogen-bond acceptors (Lipinski definition) is 17. The molecule has 2 aromatic carbocycles. The number of ether oxygens (including phenoxy) is 1. The van der Waals surface area contributed by atoms with Crippen LogP contribution in [0.25, 0.3) is 21.8 Å². The number of aromatic nitrogens is 7. The van der Waals surface area contributed by atoms with Gasteiger partial charge in [-0.3, -0.25) is 28.8 Å². The normalized spacial score (nSPS) is 16.6. The molecule has 78 heavy (non-hydrogen) atoms. The Morgan fingerprint density at radius 3 is 2.29 bits per heavy atom. The maximum absolute atomic E-state index is 14.2. The number of hydrogen-bond donors (Lipinski definition) is 6. The highest BCUT2D eigenvalue weighted by Gasteiger charge is 2.44. The lowest BCUT2D eigenvalue weighted by Gasteiger charge is -2.36. The monoisotopic (exact) mass is 1080 g/mol. The summed E-state index contributed by atoms with van der Waals surface area (Å²) < 4.78 is 7.39. The predicted octanol–water partition coefficient (Wildman–Crippen LogP) is 6.79. The van der Waals surface area contributed by atoms with E-state index >= 15 is 0 Å². The van der Waals surface area contributed by atoms with Gasteiger partial charge in [-0.05, 0) is 74.0 Å². The molecule has 8 rings (SSSR count). The standard InChI is InChI=1S/C56H73N15O6S/c1-35(37-18-20-38(21-19-37)50-36(2)60-34-78-50)61-53(74)44-29-40(72)32-71(44)55(76)51(56(3,4)5)64-47(73)17-12-10-9-11-13-24-69-25-27-70(28-26-69)39-22-23-45(58-31-39)63-46-30-43(48(66-65-46)54(75)57-6)62-42-16-14-15-41(49(42)77-8)52-59-33-68(7)67-52/h14-16,18-23,30-31,33-35,40,44,51,72H,9-13,17,24-29,32H2,1-8H3,(H,57,75)(H,61,74)(H,64,73)(H2,58,62,63,65)/t35?,40-,44+,51?/m1/s1. The summed E-state index contributed by atoms with van der Waals surface area (Å²) in [6.07, 6.45) is 7.78. The first-order valence-electron chi connectivity index (χ1n) is 26.7. The third-order valence-electron chi connectivity index (χ3n) is 14.2. The van der Waals surface area contributed by atoms with Gasteiger partial charge in [0.15, 0.2) is 23.1 Å². The number of aryl methyl sites for hydroxylation is 2. The van der Waals surface area contributed by atoms with Crippen molar-refractivity contribution in [3.63, 3.8) is 0 Å². The van der Waals surface area contributed by atoms with Crippen LogP contribution in [0, 0.1) is 12.3 Å². The maximum atomic E-state index is 14.2. The lowest BCUT2D eigenvalue weighted by atomic mass is 9.85. The van der Waals surface area contributed by atoms with Gasteiger partial charge in [0.1, 0.15) is 24.2 Å². The Labute approximate surface area is 460 Å². The molecule has 6 aromatic rings. The van der Waals surface area contributed by atoms with E-state index in [0.717, 1.165) is 85.8 Å². The molecule has 22 heteroatoms. The summed E-state index contributed by atoms with van der Waals surface area (Å²) in [5.74, 6) is 0.642. The maximum Gasteiger partial charge on any atom is 0.273 e. The number of carbonyl (C=O) groups is 4. The first kappa shape index (κ1) is 56.6. The minimum Gasteiger partial charge on any atom is -0.494 e. The van der Waals surface area contributed by atoms with Crippen LogP contribution in [0.3, 0.4) is 0 Å². The van der Waals surface area contributed by atoms with Gasteiger partial charge in [-0.1, -0.05) is 70.4 Å². The minimum atomic E-state index is -0.864. The Kier molecular flexibility index (Phi) is 18.7. The SMILES string of the molecule is CNC(=O)c1nnc(Nc2ccc(N3CCN(CCCCCCCC(=O)NC(C(=O)N4C[C@H](O)C[C@H]4C(=O)NC(C)c4ccc(-c5scnc5C)cc4)C(C)(C)C)CC3)cn2)cc1Nc1cccc(-c2ncn(C)n2)c1OC. The number of unbranched alkanes of at least 4 members (excludes halogenated alkanes) is 4. The quantitative estimate of drug-likeness (QED) is 0.0383. The van der Waals surface area contributed by atoms with Gasteiger partial charge in [0.2, 0.25) is 17.7 Å². The molecule has 0 aliphatic carbocycles. The summed E-state index contributed by atoms with van der Waals surface area (Å²) in [4.78, 5) is 74.8. The molecule has 4 aromatic heterocycles. The van der Waals surface area contributed by atoms with Crippen molar-refractivity contribution in [2.75, 3.05) is 69.0 Å². The van der Waals surface area contributed by atoms with Gasteiger partial charge < -0.3 is 46.2 Å². The lowest BCUT2D eigenvalue weighted by molar-refractivity contribution is -0.144. The summed E-state index contributed by atoms with van der Waals surface area (Å²) in [6, 6.07) is 17.1. The summed E-state index contributed by atoms with van der Waals surface area (Å²) in [6.45, 7) is 14.2. The molecule has 21 nitrogen and oxygen atoms in total. The highest BCUT2D eigenvalue weighted by Crippen LogP contribution is 2.38. The van der Waals surface area contributed by atoms with Gasteiger partial charge in [-0.15, -0.1) is 21.5 Å². The molecule has 2 fully saturated rings. The molecule has 4 atom stereocenters. The van der Waals surface area contributed by atoms with Gasteiger partial charge in [-0.25, -0.2) is 15.0 Å². The molecule has 4 amide bonds.